The van der Waals surface area contributed by atoms with Crippen molar-refractivity contribution in [3.63, 3.8) is 0 Å². The molecule has 5 nitrogen and oxygen atoms in total. The quantitative estimate of drug-likeness (QED) is 0.490. The summed E-state index contributed by atoms with van der Waals surface area (Å²) in [5, 5.41) is 3.53. The molecule has 0 aliphatic carbocycles. The van der Waals surface area contributed by atoms with Gasteiger partial charge in [-0.1, -0.05) is 89.5 Å². The smallest absolute Gasteiger partial charge is 0.261 e. The summed E-state index contributed by atoms with van der Waals surface area (Å²) in [6.45, 7) is 12.9. The Balaban J connectivity index is 2.28. The highest BCUT2D eigenvalue weighted by Crippen LogP contribution is 2.31. The first kappa shape index (κ1) is 26.7. The molecule has 0 radical (unpaired) electrons. The van der Waals surface area contributed by atoms with Crippen LogP contribution >= 0.6 is 11.6 Å². The van der Waals surface area contributed by atoms with Gasteiger partial charge in [0, 0.05) is 18.1 Å². The predicted octanol–water partition coefficient (Wildman–Crippen LogP) is 5.60. The van der Waals surface area contributed by atoms with Gasteiger partial charge in [0.05, 0.1) is 0 Å². The van der Waals surface area contributed by atoms with E-state index in [4.69, 9.17) is 16.3 Å². The summed E-state index contributed by atoms with van der Waals surface area (Å²) in [7, 11) is 0. The molecule has 0 aliphatic heterocycles. The van der Waals surface area contributed by atoms with Gasteiger partial charge < -0.3 is 15.0 Å². The molecule has 0 aliphatic rings. The van der Waals surface area contributed by atoms with Crippen LogP contribution in [0.25, 0.3) is 0 Å². The Kier molecular flexibility index (Phi) is 9.78. The van der Waals surface area contributed by atoms with Crippen molar-refractivity contribution in [1.82, 2.24) is 10.2 Å². The largest absolute Gasteiger partial charge is 0.483 e. The molecule has 0 saturated heterocycles. The molecular weight excluding hydrogens is 436 g/mol. The highest BCUT2D eigenvalue weighted by molar-refractivity contribution is 6.31. The Morgan fingerprint density at radius 3 is 2.30 bits per heavy atom. The highest BCUT2D eigenvalue weighted by atomic mass is 35.5. The van der Waals surface area contributed by atoms with Crippen LogP contribution in [0.1, 0.15) is 59.1 Å². The first-order chi connectivity index (χ1) is 15.5. The van der Waals surface area contributed by atoms with Crippen LogP contribution in [0.3, 0.4) is 0 Å². The van der Waals surface area contributed by atoms with Crippen molar-refractivity contribution >= 4 is 23.4 Å². The normalized spacial score (nSPS) is 12.4. The molecule has 0 fully saturated rings. The molecule has 0 saturated carbocycles. The Labute approximate surface area is 203 Å². The Bertz CT molecular complexity index is 937. The maximum absolute atomic E-state index is 13.4. The minimum absolute atomic E-state index is 0.125. The van der Waals surface area contributed by atoms with E-state index >= 15 is 0 Å². The molecule has 2 amide bonds. The van der Waals surface area contributed by atoms with Gasteiger partial charge in [-0.15, -0.1) is 0 Å². The standard InChI is InChI=1S/C27H37ClN2O3/c1-7-23(26(32)29-16-19(2)3)30(17-20-12-8-10-14-22(20)28)25(31)18-33-24-15-11-9-13-21(24)27(4,5)6/h8-15,19,23H,7,16-18H2,1-6H3,(H,29,32)/t23-/m0/s1. The van der Waals surface area contributed by atoms with Gasteiger partial charge in [0.2, 0.25) is 5.91 Å². The summed E-state index contributed by atoms with van der Waals surface area (Å²) in [6.07, 6.45) is 0.485. The number of rotatable bonds is 10. The lowest BCUT2D eigenvalue weighted by Crippen LogP contribution is -2.50. The molecule has 6 heteroatoms. The van der Waals surface area contributed by atoms with E-state index in [-0.39, 0.29) is 30.4 Å². The molecule has 1 N–H and O–H groups in total. The summed E-state index contributed by atoms with van der Waals surface area (Å²) in [5.41, 5.74) is 1.69. The first-order valence-corrected chi connectivity index (χ1v) is 11.9. The molecule has 2 rings (SSSR count). The van der Waals surface area contributed by atoms with E-state index in [0.717, 1.165) is 11.1 Å². The van der Waals surface area contributed by atoms with Gasteiger partial charge in [-0.05, 0) is 41.0 Å². The highest BCUT2D eigenvalue weighted by Gasteiger charge is 2.30. The lowest BCUT2D eigenvalue weighted by molar-refractivity contribution is -0.143. The van der Waals surface area contributed by atoms with E-state index in [2.05, 4.69) is 26.1 Å². The fraction of sp³-hybridized carbons (Fsp3) is 0.481. The van der Waals surface area contributed by atoms with E-state index in [1.165, 1.54) is 0 Å². The Hall–Kier alpha value is -2.53. The summed E-state index contributed by atoms with van der Waals surface area (Å²) >= 11 is 6.38. The molecule has 33 heavy (non-hydrogen) atoms. The Morgan fingerprint density at radius 1 is 1.06 bits per heavy atom. The van der Waals surface area contributed by atoms with Gasteiger partial charge in [0.15, 0.2) is 6.61 Å². The molecule has 0 aromatic heterocycles. The average molecular weight is 473 g/mol. The third kappa shape index (κ3) is 7.78. The summed E-state index contributed by atoms with van der Waals surface area (Å²) in [5.74, 6) is 0.566. The number of hydrogen-bond donors (Lipinski definition) is 1. The second-order valence-corrected chi connectivity index (χ2v) is 10.1. The third-order valence-corrected chi connectivity index (χ3v) is 5.78. The SMILES string of the molecule is CC[C@@H](C(=O)NCC(C)C)N(Cc1ccccc1Cl)C(=O)COc1ccccc1C(C)(C)C. The summed E-state index contributed by atoms with van der Waals surface area (Å²) in [6, 6.07) is 14.5. The monoisotopic (exact) mass is 472 g/mol. The first-order valence-electron chi connectivity index (χ1n) is 11.6. The van der Waals surface area contributed by atoms with Crippen molar-refractivity contribution in [2.45, 2.75) is 66.0 Å². The van der Waals surface area contributed by atoms with Crippen molar-refractivity contribution in [1.29, 1.82) is 0 Å². The predicted molar refractivity (Wildman–Crippen MR) is 135 cm³/mol. The van der Waals surface area contributed by atoms with E-state index in [1.807, 2.05) is 63.2 Å². The zero-order valence-corrected chi connectivity index (χ0v) is 21.4. The van der Waals surface area contributed by atoms with E-state index < -0.39 is 6.04 Å². The number of halogens is 1. The number of ether oxygens (including phenoxy) is 1. The molecule has 0 spiro atoms. The van der Waals surface area contributed by atoms with Crippen LogP contribution in [0.2, 0.25) is 5.02 Å². The Morgan fingerprint density at radius 2 is 1.70 bits per heavy atom. The van der Waals surface area contributed by atoms with Gasteiger partial charge in [-0.2, -0.15) is 0 Å². The number of para-hydroxylation sites is 1. The van der Waals surface area contributed by atoms with E-state index in [1.54, 1.807) is 11.0 Å². The van der Waals surface area contributed by atoms with Crippen LogP contribution in [-0.4, -0.2) is 35.9 Å². The van der Waals surface area contributed by atoms with E-state index in [9.17, 15) is 9.59 Å². The number of hydrogen-bond acceptors (Lipinski definition) is 3. The lowest BCUT2D eigenvalue weighted by atomic mass is 9.86. The fourth-order valence-electron chi connectivity index (χ4n) is 3.59. The molecule has 0 bridgehead atoms. The number of benzene rings is 2. The minimum Gasteiger partial charge on any atom is -0.483 e. The minimum atomic E-state index is -0.617. The van der Waals surface area contributed by atoms with Gasteiger partial charge >= 0.3 is 0 Å². The lowest BCUT2D eigenvalue weighted by Gasteiger charge is -2.31. The van der Waals surface area contributed by atoms with Gasteiger partial charge in [0.1, 0.15) is 11.8 Å². The topological polar surface area (TPSA) is 58.6 Å². The van der Waals surface area contributed by atoms with Gasteiger partial charge in [-0.25, -0.2) is 0 Å². The van der Waals surface area contributed by atoms with Crippen LogP contribution in [0.15, 0.2) is 48.5 Å². The third-order valence-electron chi connectivity index (χ3n) is 5.42. The van der Waals surface area contributed by atoms with Crippen molar-refractivity contribution in [3.8, 4) is 5.75 Å². The molecule has 180 valence electrons. The maximum atomic E-state index is 13.4. The van der Waals surface area contributed by atoms with Crippen molar-refractivity contribution in [2.75, 3.05) is 13.2 Å². The number of nitrogens with zero attached hydrogens (tertiary/aromatic N) is 1. The molecule has 0 heterocycles. The van der Waals surface area contributed by atoms with E-state index in [0.29, 0.717) is 29.7 Å². The molecule has 1 atom stereocenters. The van der Waals surface area contributed by atoms with Crippen LogP contribution in [0, 0.1) is 5.92 Å². The van der Waals surface area contributed by atoms with Crippen molar-refractivity contribution in [2.24, 2.45) is 5.92 Å². The second-order valence-electron chi connectivity index (χ2n) is 9.71. The van der Waals surface area contributed by atoms with Crippen LogP contribution in [-0.2, 0) is 21.5 Å². The number of nitrogens with one attached hydrogen (secondary N) is 1. The van der Waals surface area contributed by atoms with Gasteiger partial charge in [-0.3, -0.25) is 9.59 Å². The van der Waals surface area contributed by atoms with Crippen LogP contribution in [0.4, 0.5) is 0 Å². The maximum Gasteiger partial charge on any atom is 0.261 e. The summed E-state index contributed by atoms with van der Waals surface area (Å²) in [4.78, 5) is 28.0. The van der Waals surface area contributed by atoms with Crippen LogP contribution in [0.5, 0.6) is 5.75 Å². The van der Waals surface area contributed by atoms with Crippen molar-refractivity contribution in [3.05, 3.63) is 64.7 Å². The zero-order valence-electron chi connectivity index (χ0n) is 20.7. The molecule has 2 aromatic carbocycles. The second kappa shape index (κ2) is 12.1. The average Bonchev–Trinajstić information content (AvgIpc) is 2.76. The molecule has 0 unspecified atom stereocenters. The number of carbonyl (C=O) groups is 2. The van der Waals surface area contributed by atoms with Crippen LogP contribution < -0.4 is 10.1 Å². The molecule has 2 aromatic rings. The zero-order chi connectivity index (χ0) is 24.6. The number of carbonyl (C=O) groups excluding carboxylic acids is 2. The van der Waals surface area contributed by atoms with Gasteiger partial charge in [0.25, 0.3) is 5.91 Å². The fourth-order valence-corrected chi connectivity index (χ4v) is 3.78. The molecular formula is C27H37ClN2O3. The van der Waals surface area contributed by atoms with Crippen molar-refractivity contribution < 1.29 is 14.3 Å². The number of amides is 2. The summed E-state index contributed by atoms with van der Waals surface area (Å²) < 4.78 is 5.99.